The van der Waals surface area contributed by atoms with Crippen LogP contribution in [0.15, 0.2) is 150 Å². The predicted molar refractivity (Wildman–Crippen MR) is 321 cm³/mol. The van der Waals surface area contributed by atoms with Crippen molar-refractivity contribution in [1.29, 1.82) is 0 Å². The summed E-state index contributed by atoms with van der Waals surface area (Å²) in [5.41, 5.74) is 2.90. The smallest absolute Gasteiger partial charge is 0.298 e. The summed E-state index contributed by atoms with van der Waals surface area (Å²) in [5, 5.41) is 71.9. The molecule has 8 rings (SSSR count). The molecule has 90 heavy (non-hydrogen) atoms. The third kappa shape index (κ3) is 26.2. The van der Waals surface area contributed by atoms with E-state index in [1.165, 1.54) is 64.8 Å². The van der Waals surface area contributed by atoms with Crippen molar-refractivity contribution >= 4 is 82.3 Å². The molecule has 470 valence electrons. The molecule has 0 saturated carbocycles. The number of aldehydes is 8. The molecule has 0 aliphatic rings. The summed E-state index contributed by atoms with van der Waals surface area (Å²) < 4.78 is 33.0. The van der Waals surface area contributed by atoms with E-state index in [2.05, 4.69) is 26.8 Å². The Hall–Kier alpha value is -12.5. The van der Waals surface area contributed by atoms with Crippen LogP contribution in [0.1, 0.15) is 82.9 Å². The molecule has 0 aliphatic heterocycles. The second-order valence-electron chi connectivity index (χ2n) is 16.2. The third-order valence-corrected chi connectivity index (χ3v) is 10.7. The molecule has 0 spiro atoms. The highest BCUT2D eigenvalue weighted by Gasteiger charge is 2.13. The van der Waals surface area contributed by atoms with Gasteiger partial charge in [-0.15, -0.1) is 12.6 Å². The number of phenolic OH excluding ortho intramolecular Hbond substituents is 8. The zero-order chi connectivity index (χ0) is 67.6. The Kier molecular flexibility index (Phi) is 35.5. The first-order valence-corrected chi connectivity index (χ1v) is 25.0. The van der Waals surface area contributed by atoms with Gasteiger partial charge in [0.15, 0.2) is 64.3 Å². The molecule has 26 nitrogen and oxygen atoms in total. The molecule has 0 atom stereocenters. The van der Waals surface area contributed by atoms with Crippen LogP contribution in [0.4, 0.5) is 0 Å². The minimum Gasteiger partial charge on any atom is -0.504 e. The summed E-state index contributed by atoms with van der Waals surface area (Å²) in [6, 6.07) is 36.3. The van der Waals surface area contributed by atoms with Crippen LogP contribution in [0.2, 0.25) is 0 Å². The number of para-hydroxylation sites is 1. The molecule has 0 bridgehead atoms. The van der Waals surface area contributed by atoms with Crippen LogP contribution in [-0.2, 0) is 14.4 Å². The molecular weight excluding hydrogens is 1200 g/mol. The molecule has 0 aromatic heterocycles. The van der Waals surface area contributed by atoms with Crippen molar-refractivity contribution in [1.82, 2.24) is 0 Å². The first-order valence-electron chi connectivity index (χ1n) is 24.6. The monoisotopic (exact) mass is 1260 g/mol. The van der Waals surface area contributed by atoms with Crippen molar-refractivity contribution in [3.8, 4) is 86.2 Å². The van der Waals surface area contributed by atoms with E-state index in [1.54, 1.807) is 91.0 Å². The Labute approximate surface area is 516 Å². The van der Waals surface area contributed by atoms with E-state index >= 15 is 0 Å². The van der Waals surface area contributed by atoms with Gasteiger partial charge >= 0.3 is 0 Å². The van der Waals surface area contributed by atoms with E-state index < -0.39 is 34.5 Å². The van der Waals surface area contributed by atoms with Crippen LogP contribution in [-0.4, -0.2) is 139 Å². The highest BCUT2D eigenvalue weighted by atomic mass is 32.1. The average Bonchev–Trinajstić information content (AvgIpc) is 1.91. The third-order valence-electron chi connectivity index (χ3n) is 10.4. The van der Waals surface area contributed by atoms with Crippen molar-refractivity contribution < 1.29 is 127 Å². The largest absolute Gasteiger partial charge is 0.504 e. The highest BCUT2D eigenvalue weighted by Crippen LogP contribution is 2.39. The van der Waals surface area contributed by atoms with Crippen molar-refractivity contribution in [2.75, 3.05) is 28.4 Å². The number of carbonyl (C=O) groups is 11. The molecule has 8 aromatic rings. The highest BCUT2D eigenvalue weighted by molar-refractivity contribution is 7.80. The minimum atomic E-state index is -0.672. The number of thiol groups is 1. The Morgan fingerprint density at radius 3 is 1.21 bits per heavy atom. The molecular formula is C63H56O26S. The summed E-state index contributed by atoms with van der Waals surface area (Å²) in [6.07, 6.45) is 4.99. The van der Waals surface area contributed by atoms with Gasteiger partial charge in [-0.1, -0.05) is 36.4 Å². The van der Waals surface area contributed by atoms with Gasteiger partial charge in [-0.25, -0.2) is 0 Å². The molecule has 8 N–H and O–H groups in total. The van der Waals surface area contributed by atoms with E-state index in [9.17, 15) is 63.0 Å². The van der Waals surface area contributed by atoms with E-state index in [4.69, 9.17) is 49.6 Å². The number of carbonyl (C=O) groups excluding carboxylic acids is 11. The number of hydrogen-bond donors (Lipinski definition) is 9. The van der Waals surface area contributed by atoms with Crippen LogP contribution >= 0.6 is 12.6 Å². The zero-order valence-corrected chi connectivity index (χ0v) is 48.5. The van der Waals surface area contributed by atoms with Gasteiger partial charge in [0.2, 0.25) is 17.2 Å². The van der Waals surface area contributed by atoms with Crippen molar-refractivity contribution in [2.45, 2.75) is 4.90 Å². The number of rotatable bonds is 18. The Balaban J connectivity index is 0.000000515. The summed E-state index contributed by atoms with van der Waals surface area (Å²) in [7, 11) is 5.66. The summed E-state index contributed by atoms with van der Waals surface area (Å²) in [6.45, 7) is 0.960. The maximum atomic E-state index is 10.5. The second-order valence-corrected chi connectivity index (χ2v) is 16.7. The standard InChI is InChI=1S/2C9H10O4.3C8H6O3.2C7H6O4.C7H6OS/c1-12-7-3-6(5-10)4-8(13-2)9(7)11;1-12-8-4-6(5-10)3-7(11)9(8)13-2;9-5-7-1-3-8(4-2-7)11-6-10;9-5-7-2-1-3-8(4-7)11-6-10;9-5-7-3-1-2-4-8(7)11-6-10;8-3-4-1-5(9)7(11)6(10)2-4;8-3-4-1-2-5(9)7(11)6(4)10;8-5-6-1-3-7(9)4-2-6/h2*3-5,11H,1-2H3;3*1-6H;2*1-3,9-11H;1-5,9H. The van der Waals surface area contributed by atoms with Gasteiger partial charge in [-0.3, -0.25) is 52.7 Å². The molecule has 0 fully saturated rings. The molecule has 8 aromatic carbocycles. The molecule has 0 aliphatic carbocycles. The topological polar surface area (TPSA) is 414 Å². The number of phenols is 8. The van der Waals surface area contributed by atoms with Gasteiger partial charge in [0.05, 0.1) is 39.6 Å². The fraction of sp³-hybridized carbons (Fsp3) is 0.0635. The molecule has 0 amide bonds. The van der Waals surface area contributed by atoms with Crippen LogP contribution in [0.3, 0.4) is 0 Å². The number of aromatic hydroxyl groups is 8. The van der Waals surface area contributed by atoms with Gasteiger partial charge < -0.3 is 74.0 Å². The number of benzene rings is 8. The predicted octanol–water partition coefficient (Wildman–Crippen LogP) is 8.57. The normalized spacial score (nSPS) is 9.12. The lowest BCUT2D eigenvalue weighted by Crippen LogP contribution is -1.92. The Morgan fingerprint density at radius 2 is 0.744 bits per heavy atom. The molecule has 0 radical (unpaired) electrons. The minimum absolute atomic E-state index is 0.0553. The lowest BCUT2D eigenvalue weighted by molar-refractivity contribution is -0.121. The number of hydrogen-bond acceptors (Lipinski definition) is 27. The molecule has 0 heterocycles. The van der Waals surface area contributed by atoms with Crippen molar-refractivity contribution in [3.63, 3.8) is 0 Å². The van der Waals surface area contributed by atoms with Crippen molar-refractivity contribution in [2.24, 2.45) is 0 Å². The quantitative estimate of drug-likeness (QED) is 0.0220. The molecule has 0 saturated heterocycles. The fourth-order valence-corrected chi connectivity index (χ4v) is 6.22. The number of methoxy groups -OCH3 is 4. The maximum Gasteiger partial charge on any atom is 0.298 e. The molecule has 27 heteroatoms. The van der Waals surface area contributed by atoms with Crippen molar-refractivity contribution in [3.05, 3.63) is 190 Å². The lowest BCUT2D eigenvalue weighted by Gasteiger charge is -2.09. The summed E-state index contributed by atoms with van der Waals surface area (Å²) >= 11 is 4.05. The van der Waals surface area contributed by atoms with E-state index in [0.29, 0.717) is 108 Å². The average molecular weight is 1260 g/mol. The first kappa shape index (κ1) is 75.5. The molecule has 0 unspecified atom stereocenters. The van der Waals surface area contributed by atoms with Gasteiger partial charge in [-0.2, -0.15) is 0 Å². The van der Waals surface area contributed by atoms with E-state index in [1.807, 2.05) is 0 Å². The van der Waals surface area contributed by atoms with E-state index in [-0.39, 0.29) is 45.6 Å². The Morgan fingerprint density at radius 1 is 0.300 bits per heavy atom. The van der Waals surface area contributed by atoms with Crippen LogP contribution in [0.5, 0.6) is 86.2 Å². The maximum absolute atomic E-state index is 10.5. The second kappa shape index (κ2) is 42.3. The summed E-state index contributed by atoms with van der Waals surface area (Å²) in [5.74, 6) is -1.44. The van der Waals surface area contributed by atoms with Crippen LogP contribution in [0.25, 0.3) is 0 Å². The fourth-order valence-electron chi connectivity index (χ4n) is 6.08. The number of ether oxygens (including phenoxy) is 7. The zero-order valence-electron chi connectivity index (χ0n) is 47.6. The van der Waals surface area contributed by atoms with Crippen LogP contribution in [0, 0.1) is 0 Å². The van der Waals surface area contributed by atoms with Crippen LogP contribution < -0.4 is 33.2 Å². The van der Waals surface area contributed by atoms with Gasteiger partial charge in [0.25, 0.3) is 19.4 Å². The SMILES string of the molecule is COc1cc(C=O)cc(O)c1OC.COc1cc(C=O)cc(OC)c1O.O=COc1ccc(C=O)cc1.O=COc1cccc(C=O)c1.O=COc1ccccc1C=O.O=Cc1cc(O)c(O)c(O)c1.O=Cc1ccc(O)c(O)c1O.O=Cc1ccc(S)cc1. The van der Waals surface area contributed by atoms with Gasteiger partial charge in [-0.05, 0) is 109 Å². The van der Waals surface area contributed by atoms with Gasteiger partial charge in [0.1, 0.15) is 55.0 Å². The first-order chi connectivity index (χ1) is 43.2. The summed E-state index contributed by atoms with van der Waals surface area (Å²) in [4.78, 5) is 112. The lowest BCUT2D eigenvalue weighted by atomic mass is 10.2. The Bertz CT molecular complexity index is 3600. The van der Waals surface area contributed by atoms with E-state index in [0.717, 1.165) is 35.7 Å². The van der Waals surface area contributed by atoms with Gasteiger partial charge in [0, 0.05) is 38.3 Å².